The van der Waals surface area contributed by atoms with Crippen molar-refractivity contribution in [2.75, 3.05) is 20.1 Å². The summed E-state index contributed by atoms with van der Waals surface area (Å²) < 4.78 is 0. The lowest BCUT2D eigenvalue weighted by Crippen LogP contribution is -2.31. The van der Waals surface area contributed by atoms with Crippen molar-refractivity contribution in [2.24, 2.45) is 0 Å². The molecule has 0 radical (unpaired) electrons. The highest BCUT2D eigenvalue weighted by Crippen LogP contribution is 2.26. The van der Waals surface area contributed by atoms with Gasteiger partial charge in [-0.15, -0.1) is 0 Å². The first-order chi connectivity index (χ1) is 9.49. The van der Waals surface area contributed by atoms with E-state index in [0.29, 0.717) is 6.54 Å². The maximum absolute atomic E-state index is 11.2. The van der Waals surface area contributed by atoms with Crippen molar-refractivity contribution in [2.45, 2.75) is 18.9 Å². The molecule has 0 saturated carbocycles. The molecule has 1 saturated heterocycles. The molecule has 0 amide bonds. The summed E-state index contributed by atoms with van der Waals surface area (Å²) in [5.74, 6) is -2.50. The molecule has 6 heteroatoms. The molecule has 1 atom stereocenters. The van der Waals surface area contributed by atoms with Gasteiger partial charge in [0, 0.05) is 18.8 Å². The van der Waals surface area contributed by atoms with E-state index < -0.39 is 11.9 Å². The Labute approximate surface area is 117 Å². The highest BCUT2D eigenvalue weighted by Gasteiger charge is 2.26. The highest BCUT2D eigenvalue weighted by molar-refractivity contribution is 5.94. The van der Waals surface area contributed by atoms with Crippen LogP contribution in [0.25, 0.3) is 0 Å². The standard InChI is InChI=1S/C14H18N2O4/c1-15-6-3-5-11(15)10-4-2-7-16(9-10)12(14(19)20)8-13(17)18/h2,4,8-9,11H,3,5-7H2,1H3,(H,17,18)(H,19,20)/b12-8+. The number of hydrogen-bond acceptors (Lipinski definition) is 4. The van der Waals surface area contributed by atoms with Gasteiger partial charge in [0.1, 0.15) is 5.70 Å². The summed E-state index contributed by atoms with van der Waals surface area (Å²) in [6.07, 6.45) is 8.47. The minimum atomic E-state index is -1.26. The quantitative estimate of drug-likeness (QED) is 0.743. The van der Waals surface area contributed by atoms with Crippen molar-refractivity contribution in [3.05, 3.63) is 35.7 Å². The predicted octanol–water partition coefficient (Wildman–Crippen LogP) is 0.889. The van der Waals surface area contributed by atoms with E-state index in [1.54, 1.807) is 6.20 Å². The largest absolute Gasteiger partial charge is 0.478 e. The van der Waals surface area contributed by atoms with Crippen LogP contribution >= 0.6 is 0 Å². The average molecular weight is 278 g/mol. The van der Waals surface area contributed by atoms with Gasteiger partial charge in [-0.2, -0.15) is 0 Å². The van der Waals surface area contributed by atoms with Crippen LogP contribution in [0.3, 0.4) is 0 Å². The summed E-state index contributed by atoms with van der Waals surface area (Å²) in [4.78, 5) is 25.6. The van der Waals surface area contributed by atoms with Gasteiger partial charge in [0.2, 0.25) is 0 Å². The smallest absolute Gasteiger partial charge is 0.352 e. The van der Waals surface area contributed by atoms with Crippen molar-refractivity contribution >= 4 is 11.9 Å². The Morgan fingerprint density at radius 1 is 1.40 bits per heavy atom. The summed E-state index contributed by atoms with van der Waals surface area (Å²) in [5.41, 5.74) is 0.800. The number of hydrogen-bond donors (Lipinski definition) is 2. The first-order valence-corrected chi connectivity index (χ1v) is 6.52. The number of likely N-dealkylation sites (tertiary alicyclic amines) is 1. The lowest BCUT2D eigenvalue weighted by atomic mass is 10.0. The van der Waals surface area contributed by atoms with Gasteiger partial charge >= 0.3 is 11.9 Å². The number of carbonyl (C=O) groups is 2. The number of likely N-dealkylation sites (N-methyl/N-ethyl adjacent to an activating group) is 1. The lowest BCUT2D eigenvalue weighted by molar-refractivity contribution is -0.136. The number of nitrogens with zero attached hydrogens (tertiary/aromatic N) is 2. The minimum absolute atomic E-state index is 0.222. The molecule has 1 fully saturated rings. The van der Waals surface area contributed by atoms with Crippen molar-refractivity contribution < 1.29 is 19.8 Å². The highest BCUT2D eigenvalue weighted by atomic mass is 16.4. The second-order valence-electron chi connectivity index (χ2n) is 5.00. The fourth-order valence-corrected chi connectivity index (χ4v) is 2.66. The van der Waals surface area contributed by atoms with Crippen LogP contribution in [-0.4, -0.2) is 58.1 Å². The Kier molecular flexibility index (Phi) is 4.24. The van der Waals surface area contributed by atoms with Crippen molar-refractivity contribution in [1.29, 1.82) is 0 Å². The third kappa shape index (κ3) is 3.08. The van der Waals surface area contributed by atoms with Crippen molar-refractivity contribution in [3.8, 4) is 0 Å². The van der Waals surface area contributed by atoms with Crippen molar-refractivity contribution in [3.63, 3.8) is 0 Å². The monoisotopic (exact) mass is 278 g/mol. The zero-order chi connectivity index (χ0) is 14.7. The van der Waals surface area contributed by atoms with Crippen LogP contribution in [0.2, 0.25) is 0 Å². The molecule has 0 spiro atoms. The van der Waals surface area contributed by atoms with Gasteiger partial charge in [-0.25, -0.2) is 9.59 Å². The number of rotatable bonds is 4. The fourth-order valence-electron chi connectivity index (χ4n) is 2.66. The molecule has 2 N–H and O–H groups in total. The molecule has 108 valence electrons. The first-order valence-electron chi connectivity index (χ1n) is 6.52. The molecular formula is C14H18N2O4. The van der Waals surface area contributed by atoms with Gasteiger partial charge in [0.15, 0.2) is 0 Å². The second-order valence-corrected chi connectivity index (χ2v) is 5.00. The number of aliphatic carboxylic acids is 2. The van der Waals surface area contributed by atoms with E-state index in [1.165, 1.54) is 4.90 Å². The van der Waals surface area contributed by atoms with E-state index in [4.69, 9.17) is 10.2 Å². The van der Waals surface area contributed by atoms with Gasteiger partial charge in [0.05, 0.1) is 6.08 Å². The third-order valence-corrected chi connectivity index (χ3v) is 3.61. The van der Waals surface area contributed by atoms with Crippen LogP contribution in [0.4, 0.5) is 0 Å². The summed E-state index contributed by atoms with van der Waals surface area (Å²) in [5, 5.41) is 17.9. The fraction of sp³-hybridized carbons (Fsp3) is 0.429. The Bertz CT molecular complexity index is 507. The molecule has 2 heterocycles. The zero-order valence-corrected chi connectivity index (χ0v) is 11.3. The molecular weight excluding hydrogens is 260 g/mol. The van der Waals surface area contributed by atoms with Crippen LogP contribution in [0.15, 0.2) is 35.7 Å². The Hall–Kier alpha value is -2.08. The van der Waals surface area contributed by atoms with Crippen LogP contribution in [0.1, 0.15) is 12.8 Å². The second kappa shape index (κ2) is 5.92. The van der Waals surface area contributed by atoms with Crippen LogP contribution < -0.4 is 0 Å². The van der Waals surface area contributed by atoms with E-state index in [1.807, 2.05) is 19.2 Å². The summed E-state index contributed by atoms with van der Waals surface area (Å²) in [7, 11) is 2.04. The number of carboxylic acids is 2. The number of carboxylic acid groups (broad SMARTS) is 2. The van der Waals surface area contributed by atoms with Gasteiger partial charge in [0.25, 0.3) is 0 Å². The Morgan fingerprint density at radius 3 is 2.70 bits per heavy atom. The van der Waals surface area contributed by atoms with Crippen molar-refractivity contribution in [1.82, 2.24) is 9.80 Å². The molecule has 20 heavy (non-hydrogen) atoms. The van der Waals surface area contributed by atoms with Crippen LogP contribution in [0, 0.1) is 0 Å². The molecule has 6 nitrogen and oxygen atoms in total. The van der Waals surface area contributed by atoms with Crippen LogP contribution in [0.5, 0.6) is 0 Å². The minimum Gasteiger partial charge on any atom is -0.478 e. The molecule has 2 rings (SSSR count). The Balaban J connectivity index is 2.25. The molecule has 0 aromatic carbocycles. The van der Waals surface area contributed by atoms with Gasteiger partial charge in [-0.3, -0.25) is 4.90 Å². The maximum Gasteiger partial charge on any atom is 0.352 e. The molecule has 0 bridgehead atoms. The summed E-state index contributed by atoms with van der Waals surface area (Å²) in [6, 6.07) is 0.272. The maximum atomic E-state index is 11.2. The average Bonchev–Trinajstić information content (AvgIpc) is 2.82. The van der Waals surface area contributed by atoms with E-state index >= 15 is 0 Å². The molecule has 0 aromatic heterocycles. The summed E-state index contributed by atoms with van der Waals surface area (Å²) >= 11 is 0. The van der Waals surface area contributed by atoms with Crippen LogP contribution in [-0.2, 0) is 9.59 Å². The zero-order valence-electron chi connectivity index (χ0n) is 11.3. The normalized spacial score (nSPS) is 23.9. The Morgan fingerprint density at radius 2 is 2.15 bits per heavy atom. The molecule has 1 unspecified atom stereocenters. The third-order valence-electron chi connectivity index (χ3n) is 3.61. The van der Waals surface area contributed by atoms with E-state index in [0.717, 1.165) is 31.0 Å². The SMILES string of the molecule is CN1CCCC1C1=CN(/C(=C/C(=O)O)C(=O)O)CC=C1. The van der Waals surface area contributed by atoms with Gasteiger partial charge < -0.3 is 15.1 Å². The van der Waals surface area contributed by atoms with E-state index in [9.17, 15) is 9.59 Å². The molecule has 0 aromatic rings. The summed E-state index contributed by atoms with van der Waals surface area (Å²) in [6.45, 7) is 1.39. The van der Waals surface area contributed by atoms with E-state index in [-0.39, 0.29) is 11.7 Å². The molecule has 2 aliphatic rings. The topological polar surface area (TPSA) is 81.1 Å². The predicted molar refractivity (Wildman–Crippen MR) is 72.9 cm³/mol. The molecule has 2 aliphatic heterocycles. The van der Waals surface area contributed by atoms with E-state index in [2.05, 4.69) is 4.90 Å². The van der Waals surface area contributed by atoms with Gasteiger partial charge in [-0.05, 0) is 32.0 Å². The molecule has 0 aliphatic carbocycles. The lowest BCUT2D eigenvalue weighted by Gasteiger charge is -2.28. The van der Waals surface area contributed by atoms with Gasteiger partial charge in [-0.1, -0.05) is 12.2 Å². The first kappa shape index (κ1) is 14.3.